The van der Waals surface area contributed by atoms with Crippen molar-refractivity contribution in [3.63, 3.8) is 0 Å². The Balaban J connectivity index is 0.00000225. The number of nitrogens with two attached hydrogens (primary N) is 1. The summed E-state index contributed by atoms with van der Waals surface area (Å²) >= 11 is 0. The van der Waals surface area contributed by atoms with Gasteiger partial charge in [-0.15, -0.1) is 12.4 Å². The van der Waals surface area contributed by atoms with Gasteiger partial charge in [0.1, 0.15) is 5.75 Å². The van der Waals surface area contributed by atoms with Crippen molar-refractivity contribution < 1.29 is 9.53 Å². The van der Waals surface area contributed by atoms with Crippen LogP contribution in [0.1, 0.15) is 56.9 Å². The lowest BCUT2D eigenvalue weighted by Crippen LogP contribution is -2.53. The molecule has 2 aliphatic carbocycles. The summed E-state index contributed by atoms with van der Waals surface area (Å²) in [6.07, 6.45) is 6.35. The van der Waals surface area contributed by atoms with Gasteiger partial charge in [0.2, 0.25) is 5.91 Å². The van der Waals surface area contributed by atoms with E-state index in [-0.39, 0.29) is 24.2 Å². The standard InChI is InChI=1S/C20H30N2O2.ClH/c1-13(14-5-4-8-18(12-14)24-2)9-19(23)22-20-15-6-3-7-16(20)11-17(21)10-15;/h4-5,8,12-13,15-17,20H,3,6-7,9-11,21H2,1-2H3,(H,22,23);1H. The van der Waals surface area contributed by atoms with Crippen molar-refractivity contribution in [2.45, 2.75) is 63.5 Å². The van der Waals surface area contributed by atoms with Crippen molar-refractivity contribution in [1.82, 2.24) is 5.32 Å². The molecule has 0 aromatic heterocycles. The minimum atomic E-state index is 0. The van der Waals surface area contributed by atoms with Crippen molar-refractivity contribution in [1.29, 1.82) is 0 Å². The molecule has 3 atom stereocenters. The molecule has 0 saturated heterocycles. The normalized spacial score (nSPS) is 29.2. The van der Waals surface area contributed by atoms with E-state index in [4.69, 9.17) is 10.5 Å². The first kappa shape index (κ1) is 20.1. The lowest BCUT2D eigenvalue weighted by atomic mass is 9.67. The number of hydrogen-bond acceptors (Lipinski definition) is 3. The van der Waals surface area contributed by atoms with E-state index in [1.807, 2.05) is 18.2 Å². The van der Waals surface area contributed by atoms with Crippen LogP contribution in [0, 0.1) is 11.8 Å². The molecule has 2 fully saturated rings. The summed E-state index contributed by atoms with van der Waals surface area (Å²) in [4.78, 5) is 12.6. The Morgan fingerprint density at radius 1 is 1.32 bits per heavy atom. The highest BCUT2D eigenvalue weighted by atomic mass is 35.5. The van der Waals surface area contributed by atoms with E-state index < -0.39 is 0 Å². The Kier molecular flexibility index (Phi) is 7.14. The van der Waals surface area contributed by atoms with Crippen LogP contribution in [0.25, 0.3) is 0 Å². The van der Waals surface area contributed by atoms with Crippen LogP contribution >= 0.6 is 12.4 Å². The third kappa shape index (κ3) is 4.89. The van der Waals surface area contributed by atoms with E-state index in [0.717, 1.165) is 24.2 Å². The molecular formula is C20H31ClN2O2. The van der Waals surface area contributed by atoms with E-state index in [1.54, 1.807) is 7.11 Å². The van der Waals surface area contributed by atoms with Crippen molar-refractivity contribution in [2.24, 2.45) is 17.6 Å². The number of benzene rings is 1. The molecule has 3 rings (SSSR count). The Morgan fingerprint density at radius 3 is 2.64 bits per heavy atom. The Labute approximate surface area is 157 Å². The smallest absolute Gasteiger partial charge is 0.220 e. The second kappa shape index (κ2) is 8.91. The highest BCUT2D eigenvalue weighted by Crippen LogP contribution is 2.39. The van der Waals surface area contributed by atoms with Gasteiger partial charge in [0.15, 0.2) is 0 Å². The third-order valence-corrected chi connectivity index (χ3v) is 5.86. The molecule has 3 unspecified atom stereocenters. The number of methoxy groups -OCH3 is 1. The van der Waals surface area contributed by atoms with Gasteiger partial charge < -0.3 is 15.8 Å². The van der Waals surface area contributed by atoms with Gasteiger partial charge >= 0.3 is 0 Å². The molecule has 5 heteroatoms. The van der Waals surface area contributed by atoms with Crippen LogP contribution < -0.4 is 15.8 Å². The Hall–Kier alpha value is -1.26. The minimum Gasteiger partial charge on any atom is -0.497 e. The average molecular weight is 367 g/mol. The number of carbonyl (C=O) groups excluding carboxylic acids is 1. The quantitative estimate of drug-likeness (QED) is 0.836. The molecule has 0 heterocycles. The van der Waals surface area contributed by atoms with Crippen LogP contribution in [-0.2, 0) is 4.79 Å². The van der Waals surface area contributed by atoms with E-state index in [2.05, 4.69) is 18.3 Å². The zero-order valence-electron chi connectivity index (χ0n) is 15.2. The Morgan fingerprint density at radius 2 is 2.00 bits per heavy atom. The lowest BCUT2D eigenvalue weighted by Gasteiger charge is -2.45. The van der Waals surface area contributed by atoms with Crippen molar-refractivity contribution in [2.75, 3.05) is 7.11 Å². The van der Waals surface area contributed by atoms with Gasteiger partial charge in [-0.05, 0) is 61.1 Å². The first-order valence-corrected chi connectivity index (χ1v) is 9.25. The van der Waals surface area contributed by atoms with Crippen LogP contribution in [0.2, 0.25) is 0 Å². The van der Waals surface area contributed by atoms with Crippen LogP contribution in [0.5, 0.6) is 5.75 Å². The summed E-state index contributed by atoms with van der Waals surface area (Å²) in [5, 5.41) is 3.34. The molecule has 3 N–H and O–H groups in total. The predicted octanol–water partition coefficient (Wildman–Crippen LogP) is 3.63. The van der Waals surface area contributed by atoms with Crippen molar-refractivity contribution in [3.05, 3.63) is 29.8 Å². The SMILES string of the molecule is COc1cccc(C(C)CC(=O)NC2C3CCCC2CC(N)C3)c1.Cl. The zero-order valence-corrected chi connectivity index (χ0v) is 16.1. The maximum atomic E-state index is 12.6. The number of carbonyl (C=O) groups is 1. The van der Waals surface area contributed by atoms with Gasteiger partial charge in [-0.25, -0.2) is 0 Å². The summed E-state index contributed by atoms with van der Waals surface area (Å²) in [5.41, 5.74) is 7.33. The largest absolute Gasteiger partial charge is 0.497 e. The molecular weight excluding hydrogens is 336 g/mol. The molecule has 0 radical (unpaired) electrons. The second-order valence-corrected chi connectivity index (χ2v) is 7.66. The summed E-state index contributed by atoms with van der Waals surface area (Å²) in [6.45, 7) is 2.10. The number of amides is 1. The molecule has 2 saturated carbocycles. The van der Waals surface area contributed by atoms with Gasteiger partial charge in [0.25, 0.3) is 0 Å². The number of nitrogens with one attached hydrogen (secondary N) is 1. The molecule has 4 nitrogen and oxygen atoms in total. The molecule has 1 aromatic carbocycles. The second-order valence-electron chi connectivity index (χ2n) is 7.66. The number of rotatable bonds is 5. The number of ether oxygens (including phenoxy) is 1. The number of halogens is 1. The first-order chi connectivity index (χ1) is 11.6. The fourth-order valence-electron chi connectivity index (χ4n) is 4.61. The number of fused-ring (bicyclic) bond motifs is 2. The molecule has 2 bridgehead atoms. The molecule has 0 aliphatic heterocycles. The third-order valence-electron chi connectivity index (χ3n) is 5.86. The van der Waals surface area contributed by atoms with Gasteiger partial charge in [0, 0.05) is 18.5 Å². The maximum absolute atomic E-state index is 12.6. The summed E-state index contributed by atoms with van der Waals surface area (Å²) < 4.78 is 5.28. The summed E-state index contributed by atoms with van der Waals surface area (Å²) in [7, 11) is 1.67. The zero-order chi connectivity index (χ0) is 17.1. The molecule has 25 heavy (non-hydrogen) atoms. The van der Waals surface area contributed by atoms with Gasteiger partial charge in [0.05, 0.1) is 7.11 Å². The van der Waals surface area contributed by atoms with E-state index >= 15 is 0 Å². The van der Waals surface area contributed by atoms with Crippen LogP contribution in [0.3, 0.4) is 0 Å². The monoisotopic (exact) mass is 366 g/mol. The van der Waals surface area contributed by atoms with Crippen LogP contribution in [0.15, 0.2) is 24.3 Å². The number of hydrogen-bond donors (Lipinski definition) is 2. The fourth-order valence-corrected chi connectivity index (χ4v) is 4.61. The topological polar surface area (TPSA) is 64.3 Å². The van der Waals surface area contributed by atoms with Crippen molar-refractivity contribution in [3.8, 4) is 5.75 Å². The molecule has 1 amide bonds. The Bertz CT molecular complexity index is 567. The van der Waals surface area contributed by atoms with Crippen LogP contribution in [-0.4, -0.2) is 25.1 Å². The van der Waals surface area contributed by atoms with Gasteiger partial charge in [-0.2, -0.15) is 0 Å². The minimum absolute atomic E-state index is 0. The lowest BCUT2D eigenvalue weighted by molar-refractivity contribution is -0.123. The average Bonchev–Trinajstić information content (AvgIpc) is 2.55. The van der Waals surface area contributed by atoms with E-state index in [9.17, 15) is 4.79 Å². The highest BCUT2D eigenvalue weighted by molar-refractivity contribution is 5.85. The first-order valence-electron chi connectivity index (χ1n) is 9.25. The summed E-state index contributed by atoms with van der Waals surface area (Å²) in [5.74, 6) is 2.34. The van der Waals surface area contributed by atoms with Gasteiger partial charge in [-0.1, -0.05) is 25.5 Å². The highest BCUT2D eigenvalue weighted by Gasteiger charge is 2.39. The maximum Gasteiger partial charge on any atom is 0.220 e. The molecule has 140 valence electrons. The summed E-state index contributed by atoms with van der Waals surface area (Å²) in [6, 6.07) is 8.66. The molecule has 1 aromatic rings. The predicted molar refractivity (Wildman–Crippen MR) is 103 cm³/mol. The fraction of sp³-hybridized carbons (Fsp3) is 0.650. The molecule has 2 aliphatic rings. The van der Waals surface area contributed by atoms with E-state index in [1.165, 1.54) is 19.3 Å². The van der Waals surface area contributed by atoms with E-state index in [0.29, 0.717) is 30.3 Å². The molecule has 0 spiro atoms. The van der Waals surface area contributed by atoms with Gasteiger partial charge in [-0.3, -0.25) is 4.79 Å². The van der Waals surface area contributed by atoms with Crippen LogP contribution in [0.4, 0.5) is 0 Å². The van der Waals surface area contributed by atoms with Crippen molar-refractivity contribution >= 4 is 18.3 Å².